The van der Waals surface area contributed by atoms with E-state index >= 15 is 0 Å². The van der Waals surface area contributed by atoms with Gasteiger partial charge < -0.3 is 10.1 Å². The molecule has 2 aromatic carbocycles. The van der Waals surface area contributed by atoms with Gasteiger partial charge in [0.2, 0.25) is 10.0 Å². The van der Waals surface area contributed by atoms with Gasteiger partial charge in [0.15, 0.2) is 6.10 Å². The lowest BCUT2D eigenvalue weighted by molar-refractivity contribution is -0.128. The Hall–Kier alpha value is -2.42. The van der Waals surface area contributed by atoms with E-state index in [2.05, 4.69) is 5.32 Å². The first-order chi connectivity index (χ1) is 13.7. The third-order valence-electron chi connectivity index (χ3n) is 4.12. The average Bonchev–Trinajstić information content (AvgIpc) is 2.68. The highest BCUT2D eigenvalue weighted by Crippen LogP contribution is 2.24. The fourth-order valence-electron chi connectivity index (χ4n) is 2.52. The number of sulfonamides is 1. The predicted octanol–water partition coefficient (Wildman–Crippen LogP) is 2.84. The van der Waals surface area contributed by atoms with Gasteiger partial charge in [-0.3, -0.25) is 4.79 Å². The molecule has 0 saturated carbocycles. The Morgan fingerprint density at radius 1 is 1.17 bits per heavy atom. The summed E-state index contributed by atoms with van der Waals surface area (Å²) in [5.41, 5.74) is 0.694. The summed E-state index contributed by atoms with van der Waals surface area (Å²) in [7, 11) is -2.43. The average molecular weight is 439 g/mol. The summed E-state index contributed by atoms with van der Waals surface area (Å²) in [6.07, 6.45) is -1.04. The van der Waals surface area contributed by atoms with Crippen LogP contribution in [0, 0.1) is 0 Å². The smallest absolute Gasteiger partial charge is 0.340 e. The SMILES string of the molecule is CCNC(=O)[C@H](C)OC(=O)c1cc(S(=O)(=O)N(C)Cc2ccccc2)ccc1Cl. The quantitative estimate of drug-likeness (QED) is 0.640. The summed E-state index contributed by atoms with van der Waals surface area (Å²) in [6.45, 7) is 3.72. The molecular formula is C20H23ClN2O5S. The number of ether oxygens (including phenoxy) is 1. The van der Waals surface area contributed by atoms with Crippen LogP contribution in [0.2, 0.25) is 5.02 Å². The molecule has 0 fully saturated rings. The van der Waals surface area contributed by atoms with Crippen LogP contribution in [0.15, 0.2) is 53.4 Å². The summed E-state index contributed by atoms with van der Waals surface area (Å²) in [5, 5.41) is 2.57. The zero-order chi connectivity index (χ0) is 21.6. The molecule has 7 nitrogen and oxygen atoms in total. The van der Waals surface area contributed by atoms with Gasteiger partial charge in [-0.1, -0.05) is 41.9 Å². The minimum absolute atomic E-state index is 0.0303. The lowest BCUT2D eigenvalue weighted by atomic mass is 10.2. The van der Waals surface area contributed by atoms with Gasteiger partial charge in [0, 0.05) is 20.1 Å². The fourth-order valence-corrected chi connectivity index (χ4v) is 3.90. The summed E-state index contributed by atoms with van der Waals surface area (Å²) >= 11 is 6.06. The molecule has 1 atom stereocenters. The van der Waals surface area contributed by atoms with Crippen molar-refractivity contribution in [1.29, 1.82) is 0 Å². The predicted molar refractivity (Wildman–Crippen MR) is 110 cm³/mol. The van der Waals surface area contributed by atoms with Crippen LogP contribution in [-0.2, 0) is 26.1 Å². The summed E-state index contributed by atoms with van der Waals surface area (Å²) in [4.78, 5) is 24.1. The van der Waals surface area contributed by atoms with Gasteiger partial charge in [-0.2, -0.15) is 4.31 Å². The van der Waals surface area contributed by atoms with Crippen LogP contribution in [0.3, 0.4) is 0 Å². The van der Waals surface area contributed by atoms with E-state index in [-0.39, 0.29) is 22.0 Å². The number of carbonyl (C=O) groups is 2. The molecule has 9 heteroatoms. The van der Waals surface area contributed by atoms with E-state index in [1.807, 2.05) is 30.3 Å². The van der Waals surface area contributed by atoms with Crippen molar-refractivity contribution < 1.29 is 22.7 Å². The Morgan fingerprint density at radius 2 is 1.83 bits per heavy atom. The van der Waals surface area contributed by atoms with Crippen LogP contribution < -0.4 is 5.32 Å². The number of nitrogens with one attached hydrogen (secondary N) is 1. The molecule has 0 saturated heterocycles. The lowest BCUT2D eigenvalue weighted by Gasteiger charge is -2.18. The minimum Gasteiger partial charge on any atom is -0.449 e. The molecule has 2 aromatic rings. The molecule has 0 unspecified atom stereocenters. The van der Waals surface area contributed by atoms with Gasteiger partial charge in [0.1, 0.15) is 0 Å². The standard InChI is InChI=1S/C20H23ClN2O5S/c1-4-22-19(24)14(2)28-20(25)17-12-16(10-11-18(17)21)29(26,27)23(3)13-15-8-6-5-7-9-15/h5-12,14H,4,13H2,1-3H3,(H,22,24)/t14-/m0/s1. The molecule has 156 valence electrons. The summed E-state index contributed by atoms with van der Waals surface area (Å²) in [5.74, 6) is -1.33. The van der Waals surface area contributed by atoms with Crippen molar-refractivity contribution in [3.63, 3.8) is 0 Å². The number of hydrogen-bond acceptors (Lipinski definition) is 5. The maximum absolute atomic E-state index is 12.9. The van der Waals surface area contributed by atoms with Crippen LogP contribution in [0.25, 0.3) is 0 Å². The zero-order valence-corrected chi connectivity index (χ0v) is 18.0. The molecule has 0 bridgehead atoms. The van der Waals surface area contributed by atoms with Crippen LogP contribution in [-0.4, -0.2) is 44.3 Å². The highest BCUT2D eigenvalue weighted by Gasteiger charge is 2.25. The summed E-state index contributed by atoms with van der Waals surface area (Å²) < 4.78 is 32.1. The summed E-state index contributed by atoms with van der Waals surface area (Å²) in [6, 6.07) is 12.9. The van der Waals surface area contributed by atoms with Crippen molar-refractivity contribution in [3.8, 4) is 0 Å². The van der Waals surface area contributed by atoms with Crippen molar-refractivity contribution in [2.45, 2.75) is 31.4 Å². The molecule has 29 heavy (non-hydrogen) atoms. The van der Waals surface area contributed by atoms with Crippen molar-refractivity contribution in [1.82, 2.24) is 9.62 Å². The Morgan fingerprint density at radius 3 is 2.45 bits per heavy atom. The number of esters is 1. The van der Waals surface area contributed by atoms with Crippen LogP contribution >= 0.6 is 11.6 Å². The maximum atomic E-state index is 12.9. The van der Waals surface area contributed by atoms with Gasteiger partial charge >= 0.3 is 5.97 Å². The van der Waals surface area contributed by atoms with Crippen LogP contribution in [0.1, 0.15) is 29.8 Å². The van der Waals surface area contributed by atoms with E-state index in [1.54, 1.807) is 6.92 Å². The Bertz CT molecular complexity index is 980. The molecule has 0 aromatic heterocycles. The third-order valence-corrected chi connectivity index (χ3v) is 6.25. The molecule has 0 spiro atoms. The first-order valence-corrected chi connectivity index (χ1v) is 10.8. The topological polar surface area (TPSA) is 92.8 Å². The Balaban J connectivity index is 2.24. The van der Waals surface area contributed by atoms with E-state index < -0.39 is 28.0 Å². The number of nitrogens with zero attached hydrogens (tertiary/aromatic N) is 1. The van der Waals surface area contributed by atoms with Gasteiger partial charge in [-0.05, 0) is 37.6 Å². The zero-order valence-electron chi connectivity index (χ0n) is 16.4. The normalized spacial score (nSPS) is 12.4. The van der Waals surface area contributed by atoms with Gasteiger partial charge in [-0.15, -0.1) is 0 Å². The fraction of sp³-hybridized carbons (Fsp3) is 0.300. The number of hydrogen-bond donors (Lipinski definition) is 1. The third kappa shape index (κ3) is 5.79. The van der Waals surface area contributed by atoms with Crippen molar-refractivity contribution in [2.24, 2.45) is 0 Å². The molecule has 1 amide bonds. The van der Waals surface area contributed by atoms with Crippen molar-refractivity contribution in [2.75, 3.05) is 13.6 Å². The Labute approximate surface area is 175 Å². The second kappa shape index (κ2) is 9.87. The lowest BCUT2D eigenvalue weighted by Crippen LogP contribution is -2.35. The van der Waals surface area contributed by atoms with Gasteiger partial charge in [0.25, 0.3) is 5.91 Å². The second-order valence-electron chi connectivity index (χ2n) is 6.33. The highest BCUT2D eigenvalue weighted by atomic mass is 35.5. The highest BCUT2D eigenvalue weighted by molar-refractivity contribution is 7.89. The van der Waals surface area contributed by atoms with Gasteiger partial charge in [-0.25, -0.2) is 13.2 Å². The molecule has 0 heterocycles. The van der Waals surface area contributed by atoms with Crippen molar-refractivity contribution in [3.05, 3.63) is 64.7 Å². The first-order valence-electron chi connectivity index (χ1n) is 8.95. The molecule has 0 aliphatic heterocycles. The van der Waals surface area contributed by atoms with E-state index in [4.69, 9.17) is 16.3 Å². The van der Waals surface area contributed by atoms with Crippen molar-refractivity contribution >= 4 is 33.5 Å². The van der Waals surface area contributed by atoms with E-state index in [1.165, 1.54) is 30.4 Å². The molecule has 0 aliphatic carbocycles. The van der Waals surface area contributed by atoms with E-state index in [0.717, 1.165) is 11.6 Å². The first kappa shape index (κ1) is 22.9. The molecule has 0 radical (unpaired) electrons. The number of rotatable bonds is 8. The number of amides is 1. The molecule has 0 aliphatic rings. The number of halogens is 1. The monoisotopic (exact) mass is 438 g/mol. The van der Waals surface area contributed by atoms with Crippen LogP contribution in [0.4, 0.5) is 0 Å². The molecule has 1 N–H and O–H groups in total. The molecular weight excluding hydrogens is 416 g/mol. The minimum atomic E-state index is -3.88. The number of likely N-dealkylation sites (N-methyl/N-ethyl adjacent to an activating group) is 1. The Kier molecular flexibility index (Phi) is 7.78. The van der Waals surface area contributed by atoms with Crippen LogP contribution in [0.5, 0.6) is 0 Å². The molecule has 2 rings (SSSR count). The number of carbonyl (C=O) groups excluding carboxylic acids is 2. The van der Waals surface area contributed by atoms with E-state index in [9.17, 15) is 18.0 Å². The number of benzene rings is 2. The van der Waals surface area contributed by atoms with Gasteiger partial charge in [0.05, 0.1) is 15.5 Å². The second-order valence-corrected chi connectivity index (χ2v) is 8.78. The van der Waals surface area contributed by atoms with E-state index in [0.29, 0.717) is 6.54 Å². The maximum Gasteiger partial charge on any atom is 0.340 e. The largest absolute Gasteiger partial charge is 0.449 e.